The summed E-state index contributed by atoms with van der Waals surface area (Å²) in [6.45, 7) is 2.83. The highest BCUT2D eigenvalue weighted by atomic mass is 35.5. The van der Waals surface area contributed by atoms with Gasteiger partial charge in [-0.2, -0.15) is 0 Å². The molecule has 4 aromatic rings. The number of fused-ring (bicyclic) bond motifs is 1. The minimum absolute atomic E-state index is 0.0729. The smallest absolute Gasteiger partial charge is 0.264 e. The van der Waals surface area contributed by atoms with Crippen LogP contribution in [0.15, 0.2) is 90.0 Å². The van der Waals surface area contributed by atoms with Crippen LogP contribution in [0, 0.1) is 0 Å². The highest BCUT2D eigenvalue weighted by Crippen LogP contribution is 2.27. The van der Waals surface area contributed by atoms with Gasteiger partial charge in [-0.15, -0.1) is 0 Å². The SMILES string of the molecule is O=C(c1ccc(NS(=O)(=O)c2cccc3cccnc23)cc1Cl)N1CCCN(Cc2ccccc2)C1. The fraction of sp³-hybridized carbons (Fsp3) is 0.185. The topological polar surface area (TPSA) is 82.6 Å². The highest BCUT2D eigenvalue weighted by Gasteiger charge is 2.25. The van der Waals surface area contributed by atoms with E-state index in [1.54, 1.807) is 47.5 Å². The van der Waals surface area contributed by atoms with Gasteiger partial charge in [-0.05, 0) is 42.3 Å². The minimum Gasteiger partial charge on any atom is -0.326 e. The third-order valence-corrected chi connectivity index (χ3v) is 7.87. The Morgan fingerprint density at radius 3 is 2.58 bits per heavy atom. The predicted octanol–water partition coefficient (Wildman–Crippen LogP) is 4.99. The quantitative estimate of drug-likeness (QED) is 0.387. The Kier molecular flexibility index (Phi) is 6.91. The first-order chi connectivity index (χ1) is 17.4. The van der Waals surface area contributed by atoms with E-state index in [1.165, 1.54) is 17.7 Å². The molecule has 0 radical (unpaired) electrons. The second-order valence-corrected chi connectivity index (χ2v) is 10.8. The molecule has 0 aliphatic carbocycles. The Morgan fingerprint density at radius 2 is 1.78 bits per heavy atom. The van der Waals surface area contributed by atoms with E-state index in [0.29, 0.717) is 24.3 Å². The van der Waals surface area contributed by atoms with E-state index in [0.717, 1.165) is 24.9 Å². The lowest BCUT2D eigenvalue weighted by molar-refractivity contribution is 0.0480. The van der Waals surface area contributed by atoms with E-state index in [2.05, 4.69) is 26.7 Å². The summed E-state index contributed by atoms with van der Waals surface area (Å²) in [4.78, 5) is 21.6. The van der Waals surface area contributed by atoms with Gasteiger partial charge in [-0.25, -0.2) is 8.42 Å². The molecule has 1 saturated heterocycles. The number of amides is 1. The van der Waals surface area contributed by atoms with Crippen LogP contribution in [0.4, 0.5) is 5.69 Å². The van der Waals surface area contributed by atoms with Crippen molar-refractivity contribution in [2.75, 3.05) is 24.5 Å². The van der Waals surface area contributed by atoms with Crippen LogP contribution >= 0.6 is 11.6 Å². The lowest BCUT2D eigenvalue weighted by Gasteiger charge is -2.35. The number of carbonyl (C=O) groups is 1. The van der Waals surface area contributed by atoms with Crippen molar-refractivity contribution < 1.29 is 13.2 Å². The van der Waals surface area contributed by atoms with Crippen LogP contribution in [-0.4, -0.2) is 48.9 Å². The first-order valence-electron chi connectivity index (χ1n) is 11.6. The Bertz CT molecular complexity index is 1510. The van der Waals surface area contributed by atoms with Gasteiger partial charge in [-0.3, -0.25) is 19.4 Å². The first kappa shape index (κ1) is 24.2. The number of aromatic nitrogens is 1. The molecule has 1 aliphatic rings. The Balaban J connectivity index is 1.31. The van der Waals surface area contributed by atoms with Crippen LogP contribution in [0.5, 0.6) is 0 Å². The number of pyridine rings is 1. The van der Waals surface area contributed by atoms with Crippen LogP contribution in [-0.2, 0) is 16.6 Å². The largest absolute Gasteiger partial charge is 0.326 e. The van der Waals surface area contributed by atoms with E-state index in [-0.39, 0.29) is 21.5 Å². The van der Waals surface area contributed by atoms with E-state index < -0.39 is 10.0 Å². The molecule has 36 heavy (non-hydrogen) atoms. The van der Waals surface area contributed by atoms with Crippen molar-refractivity contribution in [3.05, 3.63) is 101 Å². The van der Waals surface area contributed by atoms with Crippen molar-refractivity contribution in [3.63, 3.8) is 0 Å². The Morgan fingerprint density at radius 1 is 0.972 bits per heavy atom. The van der Waals surface area contributed by atoms with Gasteiger partial charge >= 0.3 is 0 Å². The molecule has 0 spiro atoms. The van der Waals surface area contributed by atoms with E-state index in [9.17, 15) is 13.2 Å². The van der Waals surface area contributed by atoms with Crippen molar-refractivity contribution >= 4 is 44.1 Å². The number of nitrogens with zero attached hydrogens (tertiary/aromatic N) is 3. The molecule has 3 aromatic carbocycles. The lowest BCUT2D eigenvalue weighted by atomic mass is 10.1. The van der Waals surface area contributed by atoms with Crippen molar-refractivity contribution in [2.45, 2.75) is 17.9 Å². The summed E-state index contributed by atoms with van der Waals surface area (Å²) in [5, 5.41) is 0.915. The third kappa shape index (κ3) is 5.21. The van der Waals surface area contributed by atoms with Crippen LogP contribution in [0.3, 0.4) is 0 Å². The number of nitrogens with one attached hydrogen (secondary N) is 1. The molecule has 1 amide bonds. The monoisotopic (exact) mass is 520 g/mol. The number of para-hydroxylation sites is 1. The molecule has 0 bridgehead atoms. The maximum atomic E-state index is 13.3. The summed E-state index contributed by atoms with van der Waals surface area (Å²) in [6.07, 6.45) is 2.42. The van der Waals surface area contributed by atoms with Gasteiger partial charge in [0, 0.05) is 31.2 Å². The number of hydrogen-bond donors (Lipinski definition) is 1. The minimum atomic E-state index is -3.92. The first-order valence-corrected chi connectivity index (χ1v) is 13.5. The van der Waals surface area contributed by atoms with Crippen LogP contribution in [0.25, 0.3) is 10.9 Å². The van der Waals surface area contributed by atoms with Crippen LogP contribution < -0.4 is 4.72 Å². The normalized spacial score (nSPS) is 14.6. The molecule has 184 valence electrons. The van der Waals surface area contributed by atoms with E-state index >= 15 is 0 Å². The van der Waals surface area contributed by atoms with Gasteiger partial charge in [0.2, 0.25) is 0 Å². The van der Waals surface area contributed by atoms with Gasteiger partial charge in [0.25, 0.3) is 15.9 Å². The van der Waals surface area contributed by atoms with E-state index in [4.69, 9.17) is 11.6 Å². The van der Waals surface area contributed by atoms with Gasteiger partial charge in [0.05, 0.1) is 28.5 Å². The lowest BCUT2D eigenvalue weighted by Crippen LogP contribution is -2.47. The number of benzene rings is 3. The fourth-order valence-electron chi connectivity index (χ4n) is 4.43. The van der Waals surface area contributed by atoms with Gasteiger partial charge in [-0.1, -0.05) is 60.1 Å². The molecule has 0 unspecified atom stereocenters. The van der Waals surface area contributed by atoms with Crippen molar-refractivity contribution in [3.8, 4) is 0 Å². The zero-order valence-electron chi connectivity index (χ0n) is 19.5. The van der Waals surface area contributed by atoms with Crippen LogP contribution in [0.2, 0.25) is 5.02 Å². The fourth-order valence-corrected chi connectivity index (χ4v) is 5.92. The summed E-state index contributed by atoms with van der Waals surface area (Å²) in [5.74, 6) is -0.176. The van der Waals surface area contributed by atoms with E-state index in [1.807, 2.05) is 18.2 Å². The summed E-state index contributed by atoms with van der Waals surface area (Å²) >= 11 is 6.47. The second kappa shape index (κ2) is 10.3. The average Bonchev–Trinajstić information content (AvgIpc) is 2.88. The highest BCUT2D eigenvalue weighted by molar-refractivity contribution is 7.93. The third-order valence-electron chi connectivity index (χ3n) is 6.15. The summed E-state index contributed by atoms with van der Waals surface area (Å²) in [7, 11) is -3.92. The number of anilines is 1. The molecule has 9 heteroatoms. The maximum absolute atomic E-state index is 13.3. The summed E-state index contributed by atoms with van der Waals surface area (Å²) < 4.78 is 28.8. The summed E-state index contributed by atoms with van der Waals surface area (Å²) in [6, 6.07) is 23.3. The molecule has 1 fully saturated rings. The molecule has 0 saturated carbocycles. The van der Waals surface area contributed by atoms with Gasteiger partial charge in [0.1, 0.15) is 4.90 Å². The Labute approximate surface area is 215 Å². The number of halogens is 1. The molecule has 1 aliphatic heterocycles. The maximum Gasteiger partial charge on any atom is 0.264 e. The number of hydrogen-bond acceptors (Lipinski definition) is 5. The molecular weight excluding hydrogens is 496 g/mol. The molecular formula is C27H25ClN4O3S. The Hall–Kier alpha value is -3.46. The van der Waals surface area contributed by atoms with Gasteiger partial charge in [0.15, 0.2) is 0 Å². The molecule has 5 rings (SSSR count). The van der Waals surface area contributed by atoms with Crippen molar-refractivity contribution in [2.24, 2.45) is 0 Å². The predicted molar refractivity (Wildman–Crippen MR) is 141 cm³/mol. The van der Waals surface area contributed by atoms with Crippen molar-refractivity contribution in [1.82, 2.24) is 14.8 Å². The zero-order chi connectivity index (χ0) is 25.1. The number of carbonyl (C=O) groups excluding carboxylic acids is 1. The number of rotatable bonds is 6. The standard InChI is InChI=1S/C27H25ClN4O3S/c28-24-17-22(30-36(34,35)25-11-4-9-21-10-5-14-29-26(21)25)12-13-23(24)27(33)32-16-6-15-31(19-32)18-20-7-2-1-3-8-20/h1-5,7-14,17,30H,6,15-16,18-19H2. The molecule has 7 nitrogen and oxygen atoms in total. The average molecular weight is 521 g/mol. The number of sulfonamides is 1. The van der Waals surface area contributed by atoms with Crippen LogP contribution in [0.1, 0.15) is 22.3 Å². The zero-order valence-corrected chi connectivity index (χ0v) is 21.0. The molecule has 1 aromatic heterocycles. The van der Waals surface area contributed by atoms with Gasteiger partial charge < -0.3 is 4.90 Å². The molecule has 1 N–H and O–H groups in total. The molecule has 0 atom stereocenters. The summed E-state index contributed by atoms with van der Waals surface area (Å²) in [5.41, 5.74) is 2.19. The second-order valence-electron chi connectivity index (χ2n) is 8.73. The molecule has 2 heterocycles. The van der Waals surface area contributed by atoms with Crippen molar-refractivity contribution in [1.29, 1.82) is 0 Å².